The molecular weight excluding hydrogens is 180 g/mol. The van der Waals surface area contributed by atoms with E-state index in [2.05, 4.69) is 5.32 Å². The third-order valence-corrected chi connectivity index (χ3v) is 2.43. The van der Waals surface area contributed by atoms with Crippen LogP contribution in [0.15, 0.2) is 12.2 Å². The van der Waals surface area contributed by atoms with Crippen molar-refractivity contribution in [3.05, 3.63) is 12.2 Å². The summed E-state index contributed by atoms with van der Waals surface area (Å²) in [5.74, 6) is -0.200. The number of piperazine rings is 1. The highest BCUT2D eigenvalue weighted by Crippen LogP contribution is 2.17. The summed E-state index contributed by atoms with van der Waals surface area (Å²) in [7, 11) is 0. The van der Waals surface area contributed by atoms with Crippen molar-refractivity contribution < 1.29 is 9.59 Å². The fraction of sp³-hybridized carbons (Fsp3) is 0.600. The first-order valence-corrected chi connectivity index (χ1v) is 4.72. The summed E-state index contributed by atoms with van der Waals surface area (Å²) < 4.78 is 0. The lowest BCUT2D eigenvalue weighted by Crippen LogP contribution is -2.63. The van der Waals surface area contributed by atoms with Crippen molar-refractivity contribution in [2.24, 2.45) is 0 Å². The second kappa shape index (κ2) is 3.82. The second-order valence-corrected chi connectivity index (χ2v) is 3.80. The number of nitrogens with zero attached hydrogens (tertiary/aromatic N) is 1. The van der Waals surface area contributed by atoms with E-state index in [0.29, 0.717) is 13.1 Å². The molecule has 0 atom stereocenters. The topological polar surface area (TPSA) is 49.4 Å². The highest BCUT2D eigenvalue weighted by atomic mass is 16.2. The van der Waals surface area contributed by atoms with E-state index in [0.717, 1.165) is 0 Å². The van der Waals surface area contributed by atoms with Crippen LogP contribution in [0, 0.1) is 0 Å². The molecule has 0 aromatic carbocycles. The quantitative estimate of drug-likeness (QED) is 0.613. The average molecular weight is 196 g/mol. The van der Waals surface area contributed by atoms with E-state index < -0.39 is 5.54 Å². The summed E-state index contributed by atoms with van der Waals surface area (Å²) in [5.41, 5.74) is -0.741. The average Bonchev–Trinajstić information content (AvgIpc) is 2.10. The van der Waals surface area contributed by atoms with Gasteiger partial charge in [-0.3, -0.25) is 9.59 Å². The Bertz CT molecular complexity index is 282. The van der Waals surface area contributed by atoms with Gasteiger partial charge in [0.2, 0.25) is 11.8 Å². The molecule has 0 bridgehead atoms. The highest BCUT2D eigenvalue weighted by Gasteiger charge is 2.39. The molecule has 0 aliphatic carbocycles. The molecule has 78 valence electrons. The van der Waals surface area contributed by atoms with E-state index in [9.17, 15) is 9.59 Å². The molecule has 1 rings (SSSR count). The SMILES string of the molecule is CC=CC(=O)N1CCNC(=O)C1(C)C. The van der Waals surface area contributed by atoms with E-state index in [4.69, 9.17) is 0 Å². The van der Waals surface area contributed by atoms with Crippen molar-refractivity contribution in [2.75, 3.05) is 13.1 Å². The van der Waals surface area contributed by atoms with Crippen molar-refractivity contribution in [2.45, 2.75) is 26.3 Å². The molecule has 0 aromatic heterocycles. The molecule has 0 radical (unpaired) electrons. The van der Waals surface area contributed by atoms with Gasteiger partial charge in [-0.2, -0.15) is 0 Å². The first-order valence-electron chi connectivity index (χ1n) is 4.72. The summed E-state index contributed by atoms with van der Waals surface area (Å²) in [4.78, 5) is 24.7. The van der Waals surface area contributed by atoms with Crippen LogP contribution < -0.4 is 5.32 Å². The van der Waals surface area contributed by atoms with E-state index in [1.165, 1.54) is 6.08 Å². The van der Waals surface area contributed by atoms with Gasteiger partial charge in [-0.15, -0.1) is 0 Å². The molecule has 1 saturated heterocycles. The molecule has 0 saturated carbocycles. The number of hydrogen-bond acceptors (Lipinski definition) is 2. The predicted octanol–water partition coefficient (Wildman–Crippen LogP) is 0.299. The summed E-state index contributed by atoms with van der Waals surface area (Å²) in [6.07, 6.45) is 3.17. The van der Waals surface area contributed by atoms with E-state index in [-0.39, 0.29) is 11.8 Å². The fourth-order valence-corrected chi connectivity index (χ4v) is 1.52. The zero-order valence-corrected chi connectivity index (χ0v) is 8.83. The Balaban J connectivity index is 2.86. The molecule has 4 heteroatoms. The molecule has 0 unspecified atom stereocenters. The first-order chi connectivity index (χ1) is 6.50. The third-order valence-electron chi connectivity index (χ3n) is 2.43. The molecule has 4 nitrogen and oxygen atoms in total. The lowest BCUT2D eigenvalue weighted by Gasteiger charge is -2.40. The number of hydrogen-bond donors (Lipinski definition) is 1. The number of carbonyl (C=O) groups is 2. The maximum atomic E-state index is 11.6. The van der Waals surface area contributed by atoms with Crippen LogP contribution >= 0.6 is 0 Å². The monoisotopic (exact) mass is 196 g/mol. The first kappa shape index (κ1) is 10.8. The predicted molar refractivity (Wildman–Crippen MR) is 53.6 cm³/mol. The van der Waals surface area contributed by atoms with Gasteiger partial charge in [0.1, 0.15) is 5.54 Å². The molecule has 1 aliphatic rings. The lowest BCUT2D eigenvalue weighted by molar-refractivity contribution is -0.146. The Labute approximate surface area is 84.0 Å². The number of nitrogens with one attached hydrogen (secondary N) is 1. The number of amides is 2. The molecule has 1 fully saturated rings. The van der Waals surface area contributed by atoms with E-state index in [1.807, 2.05) is 0 Å². The van der Waals surface area contributed by atoms with E-state index >= 15 is 0 Å². The van der Waals surface area contributed by atoms with Crippen LogP contribution in [0.2, 0.25) is 0 Å². The van der Waals surface area contributed by atoms with Crippen molar-refractivity contribution in [3.63, 3.8) is 0 Å². The van der Waals surface area contributed by atoms with Gasteiger partial charge < -0.3 is 10.2 Å². The summed E-state index contributed by atoms with van der Waals surface area (Å²) >= 11 is 0. The summed E-state index contributed by atoms with van der Waals surface area (Å²) in [6, 6.07) is 0. The minimum atomic E-state index is -0.741. The van der Waals surface area contributed by atoms with Crippen molar-refractivity contribution in [3.8, 4) is 0 Å². The Morgan fingerprint density at radius 1 is 1.57 bits per heavy atom. The van der Waals surface area contributed by atoms with Gasteiger partial charge in [0.25, 0.3) is 0 Å². The minimum absolute atomic E-state index is 0.0957. The summed E-state index contributed by atoms with van der Waals surface area (Å²) in [5, 5.41) is 2.74. The molecule has 0 aromatic rings. The van der Waals surface area contributed by atoms with Gasteiger partial charge >= 0.3 is 0 Å². The second-order valence-electron chi connectivity index (χ2n) is 3.80. The van der Waals surface area contributed by atoms with Gasteiger partial charge in [0, 0.05) is 13.1 Å². The normalized spacial score (nSPS) is 21.1. The van der Waals surface area contributed by atoms with E-state index in [1.54, 1.807) is 31.7 Å². The zero-order valence-electron chi connectivity index (χ0n) is 8.83. The largest absolute Gasteiger partial charge is 0.352 e. The number of carbonyl (C=O) groups excluding carboxylic acids is 2. The van der Waals surface area contributed by atoms with Gasteiger partial charge in [-0.25, -0.2) is 0 Å². The van der Waals surface area contributed by atoms with Crippen molar-refractivity contribution in [1.29, 1.82) is 0 Å². The Kier molecular flexibility index (Phi) is 2.93. The zero-order chi connectivity index (χ0) is 10.8. The molecule has 1 aliphatic heterocycles. The smallest absolute Gasteiger partial charge is 0.247 e. The standard InChI is InChI=1S/C10H16N2O2/c1-4-5-8(13)12-7-6-11-9(14)10(12,2)3/h4-5H,6-7H2,1-3H3,(H,11,14). The van der Waals surface area contributed by atoms with Crippen LogP contribution in [0.5, 0.6) is 0 Å². The number of allylic oxidation sites excluding steroid dienone is 1. The highest BCUT2D eigenvalue weighted by molar-refractivity contribution is 5.95. The van der Waals surface area contributed by atoms with Crippen LogP contribution in [0.4, 0.5) is 0 Å². The molecule has 0 spiro atoms. The maximum Gasteiger partial charge on any atom is 0.247 e. The Hall–Kier alpha value is -1.32. The lowest BCUT2D eigenvalue weighted by atomic mass is 9.99. The van der Waals surface area contributed by atoms with Crippen molar-refractivity contribution in [1.82, 2.24) is 10.2 Å². The Morgan fingerprint density at radius 2 is 2.21 bits per heavy atom. The molecule has 2 amide bonds. The maximum absolute atomic E-state index is 11.6. The van der Waals surface area contributed by atoms with Crippen LogP contribution in [0.3, 0.4) is 0 Å². The molecule has 1 N–H and O–H groups in total. The van der Waals surface area contributed by atoms with Crippen molar-refractivity contribution >= 4 is 11.8 Å². The molecule has 1 heterocycles. The van der Waals surface area contributed by atoms with Crippen LogP contribution in [0.25, 0.3) is 0 Å². The van der Waals surface area contributed by atoms with Crippen LogP contribution in [0.1, 0.15) is 20.8 Å². The summed E-state index contributed by atoms with van der Waals surface area (Å²) in [6.45, 7) is 6.40. The minimum Gasteiger partial charge on any atom is -0.352 e. The van der Waals surface area contributed by atoms with Crippen LogP contribution in [-0.4, -0.2) is 35.3 Å². The van der Waals surface area contributed by atoms with Gasteiger partial charge in [0.15, 0.2) is 0 Å². The van der Waals surface area contributed by atoms with Gasteiger partial charge in [-0.05, 0) is 26.8 Å². The molecular formula is C10H16N2O2. The molecule has 14 heavy (non-hydrogen) atoms. The number of rotatable bonds is 1. The fourth-order valence-electron chi connectivity index (χ4n) is 1.52. The van der Waals surface area contributed by atoms with Gasteiger partial charge in [-0.1, -0.05) is 6.08 Å². The van der Waals surface area contributed by atoms with Gasteiger partial charge in [0.05, 0.1) is 0 Å². The third kappa shape index (κ3) is 1.78. The van der Waals surface area contributed by atoms with Crippen LogP contribution in [-0.2, 0) is 9.59 Å². The Morgan fingerprint density at radius 3 is 2.79 bits per heavy atom.